The van der Waals surface area contributed by atoms with Crippen molar-refractivity contribution in [1.29, 1.82) is 0 Å². The molecule has 1 amide bonds. The summed E-state index contributed by atoms with van der Waals surface area (Å²) in [6.45, 7) is 4.77. The summed E-state index contributed by atoms with van der Waals surface area (Å²) in [7, 11) is 0. The average Bonchev–Trinajstić information content (AvgIpc) is 3.20. The van der Waals surface area contributed by atoms with Gasteiger partial charge in [-0.25, -0.2) is 0 Å². The first-order chi connectivity index (χ1) is 27.5. The molecule has 0 rings (SSSR count). The van der Waals surface area contributed by atoms with Gasteiger partial charge in [0.1, 0.15) is 0 Å². The molecule has 0 radical (unpaired) electrons. The topological polar surface area (TPSA) is 95.9 Å². The number of aliphatic hydroxyl groups excluding tert-OH is 2. The van der Waals surface area contributed by atoms with E-state index in [2.05, 4.69) is 55.6 Å². The molecule has 56 heavy (non-hydrogen) atoms. The van der Waals surface area contributed by atoms with Crippen molar-refractivity contribution in [3.8, 4) is 0 Å². The van der Waals surface area contributed by atoms with Gasteiger partial charge in [0.25, 0.3) is 0 Å². The number of unbranched alkanes of at least 4 members (excludes halogenated alkanes) is 26. The number of aliphatic hydroxyl groups is 2. The minimum Gasteiger partial charge on any atom is -0.466 e. The van der Waals surface area contributed by atoms with E-state index in [9.17, 15) is 19.8 Å². The molecule has 6 nitrogen and oxygen atoms in total. The van der Waals surface area contributed by atoms with Crippen LogP contribution in [0.1, 0.15) is 232 Å². The van der Waals surface area contributed by atoms with E-state index in [-0.39, 0.29) is 18.5 Å². The number of amides is 1. The smallest absolute Gasteiger partial charge is 0.305 e. The molecular weight excluding hydrogens is 695 g/mol. The highest BCUT2D eigenvalue weighted by Gasteiger charge is 2.18. The van der Waals surface area contributed by atoms with Gasteiger partial charge in [-0.1, -0.05) is 172 Å². The number of ether oxygens (including phenoxy) is 1. The summed E-state index contributed by atoms with van der Waals surface area (Å²) in [6.07, 6.45) is 55.3. The molecule has 0 saturated heterocycles. The highest BCUT2D eigenvalue weighted by Crippen LogP contribution is 2.13. The van der Waals surface area contributed by atoms with E-state index < -0.39 is 12.1 Å². The lowest BCUT2D eigenvalue weighted by Crippen LogP contribution is -2.45. The molecular formula is C50H91NO5. The molecule has 326 valence electrons. The third-order valence-corrected chi connectivity index (χ3v) is 10.6. The van der Waals surface area contributed by atoms with E-state index in [1.54, 1.807) is 6.08 Å². The van der Waals surface area contributed by atoms with E-state index in [0.29, 0.717) is 19.4 Å². The minimum absolute atomic E-state index is 0.0337. The van der Waals surface area contributed by atoms with Gasteiger partial charge in [0.15, 0.2) is 0 Å². The van der Waals surface area contributed by atoms with Crippen LogP contribution in [-0.2, 0) is 14.3 Å². The molecule has 6 heteroatoms. The SMILES string of the molecule is CCCCC/C=C\C/C=C\CCCCCCCCCC(=O)OCCCCC/C=C\CCCCCCCC(=O)NC(CO)C(O)/C=C/CCCCCCCCCC. The van der Waals surface area contributed by atoms with E-state index in [1.807, 2.05) is 6.08 Å². The molecule has 0 aromatic rings. The molecule has 0 aromatic carbocycles. The second-order valence-electron chi connectivity index (χ2n) is 16.1. The van der Waals surface area contributed by atoms with E-state index in [1.165, 1.54) is 109 Å². The third-order valence-electron chi connectivity index (χ3n) is 10.6. The Bertz CT molecular complexity index is 957. The van der Waals surface area contributed by atoms with Crippen molar-refractivity contribution in [3.63, 3.8) is 0 Å². The quantitative estimate of drug-likeness (QED) is 0.0325. The van der Waals surface area contributed by atoms with Crippen molar-refractivity contribution in [2.45, 2.75) is 244 Å². The lowest BCUT2D eigenvalue weighted by molar-refractivity contribution is -0.143. The van der Waals surface area contributed by atoms with E-state index in [4.69, 9.17) is 4.74 Å². The predicted molar refractivity (Wildman–Crippen MR) is 241 cm³/mol. The van der Waals surface area contributed by atoms with Gasteiger partial charge < -0.3 is 20.3 Å². The molecule has 0 aliphatic rings. The molecule has 3 N–H and O–H groups in total. The molecule has 2 unspecified atom stereocenters. The number of carbonyl (C=O) groups excluding carboxylic acids is 2. The molecule has 0 spiro atoms. The van der Waals surface area contributed by atoms with Gasteiger partial charge >= 0.3 is 5.97 Å². The van der Waals surface area contributed by atoms with Gasteiger partial charge in [-0.15, -0.1) is 0 Å². The fourth-order valence-electron chi connectivity index (χ4n) is 6.83. The number of nitrogens with one attached hydrogen (secondary N) is 1. The van der Waals surface area contributed by atoms with Crippen LogP contribution in [0.25, 0.3) is 0 Å². The predicted octanol–water partition coefficient (Wildman–Crippen LogP) is 13.9. The van der Waals surface area contributed by atoms with Gasteiger partial charge in [0, 0.05) is 12.8 Å². The normalized spacial score (nSPS) is 13.1. The number of allylic oxidation sites excluding steroid dienone is 7. The summed E-state index contributed by atoms with van der Waals surface area (Å²) >= 11 is 0. The number of hydrogen-bond acceptors (Lipinski definition) is 5. The minimum atomic E-state index is -0.860. The summed E-state index contributed by atoms with van der Waals surface area (Å²) < 4.78 is 5.44. The van der Waals surface area contributed by atoms with Gasteiger partial charge in [0.2, 0.25) is 5.91 Å². The first-order valence-electron chi connectivity index (χ1n) is 23.9. The fraction of sp³-hybridized carbons (Fsp3) is 0.800. The van der Waals surface area contributed by atoms with Crippen molar-refractivity contribution in [3.05, 3.63) is 48.6 Å². The summed E-state index contributed by atoms with van der Waals surface area (Å²) in [5, 5.41) is 22.9. The first kappa shape index (κ1) is 53.8. The maximum atomic E-state index is 12.4. The third kappa shape index (κ3) is 41.5. The zero-order valence-electron chi connectivity index (χ0n) is 36.8. The number of hydrogen-bond donors (Lipinski definition) is 3. The van der Waals surface area contributed by atoms with Crippen LogP contribution in [-0.4, -0.2) is 47.4 Å². The monoisotopic (exact) mass is 786 g/mol. The van der Waals surface area contributed by atoms with E-state index >= 15 is 0 Å². The molecule has 0 aromatic heterocycles. The number of rotatable bonds is 43. The summed E-state index contributed by atoms with van der Waals surface area (Å²) in [6, 6.07) is -0.646. The van der Waals surface area contributed by atoms with Crippen LogP contribution in [0.2, 0.25) is 0 Å². The van der Waals surface area contributed by atoms with Gasteiger partial charge in [-0.3, -0.25) is 9.59 Å². The largest absolute Gasteiger partial charge is 0.466 e. The first-order valence-corrected chi connectivity index (χ1v) is 23.9. The zero-order valence-corrected chi connectivity index (χ0v) is 36.8. The van der Waals surface area contributed by atoms with Crippen molar-refractivity contribution in [1.82, 2.24) is 5.32 Å². The van der Waals surface area contributed by atoms with E-state index in [0.717, 1.165) is 96.3 Å². The second kappa shape index (κ2) is 45.5. The van der Waals surface area contributed by atoms with Crippen LogP contribution in [0, 0.1) is 0 Å². The standard InChI is InChI=1S/C50H91NO5/c1-3-5-7-9-11-13-15-16-17-18-19-20-24-28-32-36-40-44-50(55)56-45-41-37-33-29-25-22-21-23-27-31-35-39-43-49(54)51-47(46-52)48(53)42-38-34-30-26-14-12-10-8-6-4-2/h11,13,16-17,22,25,38,42,47-48,52-53H,3-10,12,14-15,18-21,23-24,26-37,39-41,43-46H2,1-2H3,(H,51,54)/b13-11-,17-16-,25-22-,42-38+. The average molecular weight is 786 g/mol. The van der Waals surface area contributed by atoms with Crippen LogP contribution in [0.3, 0.4) is 0 Å². The fourth-order valence-corrected chi connectivity index (χ4v) is 6.83. The molecule has 0 saturated carbocycles. The van der Waals surface area contributed by atoms with Gasteiger partial charge in [-0.2, -0.15) is 0 Å². The molecule has 0 bridgehead atoms. The van der Waals surface area contributed by atoms with Crippen molar-refractivity contribution >= 4 is 11.9 Å². The Morgan fingerprint density at radius 2 is 0.893 bits per heavy atom. The highest BCUT2D eigenvalue weighted by molar-refractivity contribution is 5.76. The Hall–Kier alpha value is -2.18. The lowest BCUT2D eigenvalue weighted by Gasteiger charge is -2.20. The van der Waals surface area contributed by atoms with Crippen LogP contribution < -0.4 is 5.32 Å². The molecule has 0 fully saturated rings. The maximum Gasteiger partial charge on any atom is 0.305 e. The van der Waals surface area contributed by atoms with Crippen LogP contribution in [0.5, 0.6) is 0 Å². The van der Waals surface area contributed by atoms with Crippen LogP contribution in [0.15, 0.2) is 48.6 Å². The van der Waals surface area contributed by atoms with Crippen LogP contribution in [0.4, 0.5) is 0 Å². The second-order valence-corrected chi connectivity index (χ2v) is 16.1. The highest BCUT2D eigenvalue weighted by atomic mass is 16.5. The number of carbonyl (C=O) groups is 2. The van der Waals surface area contributed by atoms with Crippen LogP contribution >= 0.6 is 0 Å². The Kier molecular flexibility index (Phi) is 43.7. The van der Waals surface area contributed by atoms with Crippen molar-refractivity contribution in [2.24, 2.45) is 0 Å². The maximum absolute atomic E-state index is 12.4. The Morgan fingerprint density at radius 1 is 0.500 bits per heavy atom. The summed E-state index contributed by atoms with van der Waals surface area (Å²) in [4.78, 5) is 24.4. The molecule has 0 aliphatic heterocycles. The Balaban J connectivity index is 3.53. The molecule has 0 aliphatic carbocycles. The Morgan fingerprint density at radius 3 is 1.41 bits per heavy atom. The van der Waals surface area contributed by atoms with Gasteiger partial charge in [-0.05, 0) is 96.3 Å². The number of esters is 1. The Labute approximate surface area is 346 Å². The summed E-state index contributed by atoms with van der Waals surface area (Å²) in [5.41, 5.74) is 0. The van der Waals surface area contributed by atoms with Gasteiger partial charge in [0.05, 0.1) is 25.4 Å². The molecule has 2 atom stereocenters. The lowest BCUT2D eigenvalue weighted by atomic mass is 10.1. The zero-order chi connectivity index (χ0) is 40.8. The molecule has 0 heterocycles. The van der Waals surface area contributed by atoms with Crippen molar-refractivity contribution < 1.29 is 24.5 Å². The van der Waals surface area contributed by atoms with Crippen molar-refractivity contribution in [2.75, 3.05) is 13.2 Å². The summed E-state index contributed by atoms with van der Waals surface area (Å²) in [5.74, 6) is -0.132.